The van der Waals surface area contributed by atoms with Crippen LogP contribution in [0.2, 0.25) is 5.02 Å². The summed E-state index contributed by atoms with van der Waals surface area (Å²) in [5, 5.41) is 2.98. The van der Waals surface area contributed by atoms with Crippen molar-refractivity contribution in [1.29, 1.82) is 0 Å². The Morgan fingerprint density at radius 2 is 1.88 bits per heavy atom. The van der Waals surface area contributed by atoms with Crippen molar-refractivity contribution < 1.29 is 21.6 Å². The average molecular weight is 421 g/mol. The van der Waals surface area contributed by atoms with E-state index in [0.29, 0.717) is 38.4 Å². The number of hydrogen-bond donors (Lipinski definition) is 1. The third kappa shape index (κ3) is 5.23. The Balaban J connectivity index is 0.00000312. The van der Waals surface area contributed by atoms with E-state index in [1.165, 1.54) is 10.4 Å². The van der Waals surface area contributed by atoms with Crippen molar-refractivity contribution >= 4 is 34.0 Å². The largest absolute Gasteiger partial charge is 0.417 e. The summed E-state index contributed by atoms with van der Waals surface area (Å²) in [7, 11) is -4.27. The molecule has 0 unspecified atom stereocenters. The van der Waals surface area contributed by atoms with Gasteiger partial charge >= 0.3 is 6.18 Å². The summed E-state index contributed by atoms with van der Waals surface area (Å²) in [6.07, 6.45) is -3.11. The van der Waals surface area contributed by atoms with Crippen molar-refractivity contribution in [3.8, 4) is 0 Å². The zero-order valence-corrected chi connectivity index (χ0v) is 16.0. The van der Waals surface area contributed by atoms with E-state index in [4.69, 9.17) is 11.6 Å². The molecule has 4 nitrogen and oxygen atoms in total. The summed E-state index contributed by atoms with van der Waals surface area (Å²) in [6.45, 7) is 3.28. The van der Waals surface area contributed by atoms with Gasteiger partial charge in [0, 0.05) is 17.6 Å². The third-order valence-electron chi connectivity index (χ3n) is 3.99. The van der Waals surface area contributed by atoms with Gasteiger partial charge < -0.3 is 5.32 Å². The van der Waals surface area contributed by atoms with Crippen LogP contribution >= 0.6 is 24.0 Å². The van der Waals surface area contributed by atoms with Gasteiger partial charge in [0.2, 0.25) is 10.0 Å². The molecule has 144 valence electrons. The maximum absolute atomic E-state index is 13.3. The summed E-state index contributed by atoms with van der Waals surface area (Å²) in [5.41, 5.74) is -1.22. The molecule has 0 aromatic heterocycles. The number of halogens is 5. The maximum Gasteiger partial charge on any atom is 0.417 e. The second kappa shape index (κ2) is 8.90. The number of hydrogen-bond acceptors (Lipinski definition) is 3. The number of nitrogens with zero attached hydrogens (tertiary/aromatic N) is 1. The zero-order valence-electron chi connectivity index (χ0n) is 13.6. The van der Waals surface area contributed by atoms with Crippen LogP contribution in [0.4, 0.5) is 13.2 Å². The van der Waals surface area contributed by atoms with E-state index < -0.39 is 26.7 Å². The monoisotopic (exact) mass is 420 g/mol. The molecule has 1 aromatic rings. The van der Waals surface area contributed by atoms with Crippen molar-refractivity contribution in [2.45, 2.75) is 43.3 Å². The highest BCUT2D eigenvalue weighted by Crippen LogP contribution is 2.37. The third-order valence-corrected chi connectivity index (χ3v) is 6.24. The van der Waals surface area contributed by atoms with Gasteiger partial charge in [-0.15, -0.1) is 12.4 Å². The molecule has 0 radical (unpaired) electrons. The molecule has 0 amide bonds. The second-order valence-electron chi connectivity index (χ2n) is 5.74. The Morgan fingerprint density at radius 1 is 1.28 bits per heavy atom. The molecule has 1 saturated heterocycles. The lowest BCUT2D eigenvalue weighted by Gasteiger charge is -2.34. The molecule has 2 rings (SSSR count). The molecule has 1 fully saturated rings. The predicted molar refractivity (Wildman–Crippen MR) is 93.8 cm³/mol. The van der Waals surface area contributed by atoms with Crippen LogP contribution in [0.15, 0.2) is 23.1 Å². The predicted octanol–water partition coefficient (Wildman–Crippen LogP) is 3.93. The summed E-state index contributed by atoms with van der Waals surface area (Å²) in [5.74, 6) is 0. The van der Waals surface area contributed by atoms with Gasteiger partial charge in [-0.2, -0.15) is 17.5 Å². The van der Waals surface area contributed by atoms with Crippen LogP contribution in [0.1, 0.15) is 31.7 Å². The molecule has 25 heavy (non-hydrogen) atoms. The molecular weight excluding hydrogens is 400 g/mol. The zero-order chi connectivity index (χ0) is 18.0. The first-order valence-corrected chi connectivity index (χ1v) is 9.59. The molecule has 1 heterocycles. The minimum absolute atomic E-state index is 0. The number of rotatable bonds is 5. The van der Waals surface area contributed by atoms with E-state index in [1.54, 1.807) is 6.92 Å². The summed E-state index contributed by atoms with van der Waals surface area (Å²) in [6, 6.07) is 2.49. The van der Waals surface area contributed by atoms with Crippen LogP contribution in [-0.4, -0.2) is 38.4 Å². The normalized spacial score (nSPS) is 16.7. The number of benzene rings is 1. The second-order valence-corrected chi connectivity index (χ2v) is 8.03. The topological polar surface area (TPSA) is 49.4 Å². The molecule has 1 aliphatic rings. The van der Waals surface area contributed by atoms with Gasteiger partial charge in [-0.1, -0.05) is 18.5 Å². The Hall–Kier alpha value is -0.540. The summed E-state index contributed by atoms with van der Waals surface area (Å²) >= 11 is 5.65. The number of alkyl halides is 3. The van der Waals surface area contributed by atoms with E-state index in [-0.39, 0.29) is 30.0 Å². The van der Waals surface area contributed by atoms with E-state index in [1.807, 2.05) is 0 Å². The fraction of sp³-hybridized carbons (Fsp3) is 0.600. The van der Waals surface area contributed by atoms with Crippen LogP contribution in [0.25, 0.3) is 0 Å². The Bertz CT molecular complexity index is 678. The molecule has 1 N–H and O–H groups in total. The van der Waals surface area contributed by atoms with Crippen molar-refractivity contribution in [2.75, 3.05) is 19.6 Å². The standard InChI is InChI=1S/C15H20ClF3N2O2S.ClH/c1-2-9-21(12-5-7-20-8-6-12)24(22,23)14-4-3-11(16)10-13(14)15(17,18)19;/h3-4,10,12,20H,2,5-9H2,1H3;1H. The Morgan fingerprint density at radius 3 is 2.40 bits per heavy atom. The average Bonchev–Trinajstić information content (AvgIpc) is 2.52. The fourth-order valence-electron chi connectivity index (χ4n) is 2.89. The lowest BCUT2D eigenvalue weighted by Crippen LogP contribution is -2.46. The molecule has 0 spiro atoms. The maximum atomic E-state index is 13.3. The van der Waals surface area contributed by atoms with Crippen LogP contribution in [0, 0.1) is 0 Å². The van der Waals surface area contributed by atoms with Crippen molar-refractivity contribution in [3.05, 3.63) is 28.8 Å². The minimum Gasteiger partial charge on any atom is -0.317 e. The number of sulfonamides is 1. The van der Waals surface area contributed by atoms with Gasteiger partial charge in [0.15, 0.2) is 0 Å². The summed E-state index contributed by atoms with van der Waals surface area (Å²) < 4.78 is 67.0. The van der Waals surface area contributed by atoms with Gasteiger partial charge in [-0.05, 0) is 50.6 Å². The highest BCUT2D eigenvalue weighted by Gasteiger charge is 2.40. The Labute approximate surface area is 157 Å². The lowest BCUT2D eigenvalue weighted by molar-refractivity contribution is -0.139. The molecular formula is C15H21Cl2F3N2O2S. The SMILES string of the molecule is CCCN(C1CCNCC1)S(=O)(=O)c1ccc(Cl)cc1C(F)(F)F.Cl. The smallest absolute Gasteiger partial charge is 0.317 e. The first kappa shape index (κ1) is 22.5. The first-order valence-electron chi connectivity index (χ1n) is 7.77. The van der Waals surface area contributed by atoms with Gasteiger partial charge in [0.25, 0.3) is 0 Å². The number of piperidine rings is 1. The van der Waals surface area contributed by atoms with Gasteiger partial charge in [-0.25, -0.2) is 8.42 Å². The molecule has 10 heteroatoms. The molecule has 0 bridgehead atoms. The molecule has 1 aromatic carbocycles. The van der Waals surface area contributed by atoms with Gasteiger partial charge in [0.05, 0.1) is 10.5 Å². The van der Waals surface area contributed by atoms with E-state index >= 15 is 0 Å². The van der Waals surface area contributed by atoms with E-state index in [9.17, 15) is 21.6 Å². The van der Waals surface area contributed by atoms with Crippen LogP contribution in [0.5, 0.6) is 0 Å². The minimum atomic E-state index is -4.79. The quantitative estimate of drug-likeness (QED) is 0.784. The van der Waals surface area contributed by atoms with Crippen molar-refractivity contribution in [3.63, 3.8) is 0 Å². The van der Waals surface area contributed by atoms with Crippen LogP contribution < -0.4 is 5.32 Å². The van der Waals surface area contributed by atoms with Crippen LogP contribution in [0.3, 0.4) is 0 Å². The molecule has 0 aliphatic carbocycles. The Kier molecular flexibility index (Phi) is 8.01. The van der Waals surface area contributed by atoms with E-state index in [2.05, 4.69) is 5.32 Å². The van der Waals surface area contributed by atoms with Gasteiger partial charge in [-0.3, -0.25) is 0 Å². The fourth-order valence-corrected chi connectivity index (χ4v) is 5.03. The van der Waals surface area contributed by atoms with Crippen molar-refractivity contribution in [2.24, 2.45) is 0 Å². The van der Waals surface area contributed by atoms with Crippen molar-refractivity contribution in [1.82, 2.24) is 9.62 Å². The molecule has 0 atom stereocenters. The highest BCUT2D eigenvalue weighted by atomic mass is 35.5. The van der Waals surface area contributed by atoms with Crippen LogP contribution in [-0.2, 0) is 16.2 Å². The van der Waals surface area contributed by atoms with E-state index in [0.717, 1.165) is 6.07 Å². The first-order chi connectivity index (χ1) is 11.2. The summed E-state index contributed by atoms with van der Waals surface area (Å²) in [4.78, 5) is -0.730. The molecule has 0 saturated carbocycles. The number of nitrogens with one attached hydrogen (secondary N) is 1. The molecule has 1 aliphatic heterocycles. The lowest BCUT2D eigenvalue weighted by atomic mass is 10.1. The van der Waals surface area contributed by atoms with Gasteiger partial charge in [0.1, 0.15) is 0 Å². The highest BCUT2D eigenvalue weighted by molar-refractivity contribution is 7.89.